The number of aromatic nitrogens is 1. The molecule has 0 fully saturated rings. The highest BCUT2D eigenvalue weighted by molar-refractivity contribution is 7.80. The van der Waals surface area contributed by atoms with Crippen LogP contribution in [0.1, 0.15) is 17.2 Å². The van der Waals surface area contributed by atoms with E-state index in [1.54, 1.807) is 0 Å². The van der Waals surface area contributed by atoms with Crippen LogP contribution in [-0.2, 0) is 0 Å². The Morgan fingerprint density at radius 1 is 1.24 bits per heavy atom. The molecular formula is C21H14Cl2F4N4OS. The van der Waals surface area contributed by atoms with E-state index >= 15 is 0 Å². The number of benzene rings is 2. The highest BCUT2D eigenvalue weighted by Crippen LogP contribution is 2.38. The van der Waals surface area contributed by atoms with Gasteiger partial charge in [0.05, 0.1) is 21.8 Å². The third kappa shape index (κ3) is 5.23. The van der Waals surface area contributed by atoms with Gasteiger partial charge in [-0.05, 0) is 30.3 Å². The van der Waals surface area contributed by atoms with E-state index in [-0.39, 0.29) is 37.5 Å². The fourth-order valence-corrected chi connectivity index (χ4v) is 3.66. The summed E-state index contributed by atoms with van der Waals surface area (Å²) in [5.41, 5.74) is -2.01. The normalized spacial score (nSPS) is 13.0. The largest absolute Gasteiger partial charge is 0.430 e. The van der Waals surface area contributed by atoms with Crippen molar-refractivity contribution in [3.05, 3.63) is 69.7 Å². The molecule has 2 aromatic carbocycles. The molecule has 0 bridgehead atoms. The van der Waals surface area contributed by atoms with Crippen LogP contribution in [0.3, 0.4) is 0 Å². The summed E-state index contributed by atoms with van der Waals surface area (Å²) in [6, 6.07) is 9.32. The van der Waals surface area contributed by atoms with Crippen LogP contribution < -0.4 is 5.32 Å². The number of aliphatic imine (C=N–C) groups is 1. The molecule has 5 nitrogen and oxygen atoms in total. The Morgan fingerprint density at radius 2 is 1.94 bits per heavy atom. The first-order valence-electron chi connectivity index (χ1n) is 9.16. The van der Waals surface area contributed by atoms with E-state index in [1.165, 1.54) is 43.4 Å². The number of thiocarbonyl (C=S) groups is 1. The molecule has 3 aromatic rings. The Balaban J connectivity index is 2.27. The van der Waals surface area contributed by atoms with Crippen molar-refractivity contribution in [1.29, 1.82) is 5.41 Å². The van der Waals surface area contributed by atoms with Crippen molar-refractivity contribution >= 4 is 58.0 Å². The van der Waals surface area contributed by atoms with E-state index in [0.717, 1.165) is 6.07 Å². The maximum Gasteiger partial charge on any atom is 0.430 e. The van der Waals surface area contributed by atoms with Gasteiger partial charge in [-0.3, -0.25) is 0 Å². The Morgan fingerprint density at radius 3 is 2.52 bits per heavy atom. The van der Waals surface area contributed by atoms with Gasteiger partial charge in [-0.2, -0.15) is 13.2 Å². The Labute approximate surface area is 200 Å². The minimum Gasteiger partial charge on any atom is -0.379 e. The highest BCUT2D eigenvalue weighted by atomic mass is 35.5. The lowest BCUT2D eigenvalue weighted by Gasteiger charge is -2.17. The zero-order valence-corrected chi connectivity index (χ0v) is 19.0. The summed E-state index contributed by atoms with van der Waals surface area (Å²) >= 11 is 17.2. The average Bonchev–Trinajstić information content (AvgIpc) is 3.16. The summed E-state index contributed by atoms with van der Waals surface area (Å²) in [6.07, 6.45) is -4.47. The topological polar surface area (TPSA) is 74.3 Å². The summed E-state index contributed by atoms with van der Waals surface area (Å²) in [5.74, 6) is -3.08. The SMILES string of the molecule is CNC(=S)c1c(-c2c(F)cccc2Cl)noc1C(C=N)C(=Nc1cccc(Cl)c1)C(F)(F)F. The van der Waals surface area contributed by atoms with Crippen molar-refractivity contribution < 1.29 is 22.1 Å². The van der Waals surface area contributed by atoms with Crippen molar-refractivity contribution in [2.24, 2.45) is 4.99 Å². The van der Waals surface area contributed by atoms with E-state index in [4.69, 9.17) is 45.4 Å². The second-order valence-corrected chi connectivity index (χ2v) is 7.82. The maximum atomic E-state index is 14.6. The van der Waals surface area contributed by atoms with Crippen LogP contribution in [0.5, 0.6) is 0 Å². The first-order chi connectivity index (χ1) is 15.6. The lowest BCUT2D eigenvalue weighted by atomic mass is 9.94. The van der Waals surface area contributed by atoms with Crippen LogP contribution in [0.15, 0.2) is 52.0 Å². The number of alkyl halides is 3. The minimum atomic E-state index is -4.97. The molecule has 0 radical (unpaired) electrons. The van der Waals surface area contributed by atoms with E-state index in [0.29, 0.717) is 6.21 Å². The predicted octanol–water partition coefficient (Wildman–Crippen LogP) is 6.75. The number of rotatable bonds is 6. The smallest absolute Gasteiger partial charge is 0.379 e. The molecule has 0 aliphatic carbocycles. The molecule has 0 spiro atoms. The van der Waals surface area contributed by atoms with Crippen molar-refractivity contribution in [2.75, 3.05) is 7.05 Å². The summed E-state index contributed by atoms with van der Waals surface area (Å²) < 4.78 is 61.9. The quantitative estimate of drug-likeness (QED) is 0.216. The van der Waals surface area contributed by atoms with E-state index in [9.17, 15) is 17.6 Å². The number of nitrogens with zero attached hydrogens (tertiary/aromatic N) is 2. The Kier molecular flexibility index (Phi) is 7.51. The van der Waals surface area contributed by atoms with Crippen LogP contribution in [0.4, 0.5) is 23.2 Å². The van der Waals surface area contributed by atoms with Crippen molar-refractivity contribution in [3.63, 3.8) is 0 Å². The highest BCUT2D eigenvalue weighted by Gasteiger charge is 2.44. The molecule has 12 heteroatoms. The lowest BCUT2D eigenvalue weighted by Crippen LogP contribution is -2.31. The molecule has 172 valence electrons. The second kappa shape index (κ2) is 9.98. The van der Waals surface area contributed by atoms with E-state index in [1.807, 2.05) is 0 Å². The third-order valence-corrected chi connectivity index (χ3v) is 5.42. The average molecular weight is 517 g/mol. The number of nitrogens with one attached hydrogen (secondary N) is 2. The number of hydrogen-bond acceptors (Lipinski definition) is 5. The molecule has 1 aromatic heterocycles. The van der Waals surface area contributed by atoms with Gasteiger partial charge in [0.2, 0.25) is 0 Å². The van der Waals surface area contributed by atoms with Gasteiger partial charge in [-0.25, -0.2) is 9.38 Å². The molecule has 2 N–H and O–H groups in total. The summed E-state index contributed by atoms with van der Waals surface area (Å²) in [4.78, 5) is 3.60. The molecule has 0 saturated heterocycles. The van der Waals surface area contributed by atoms with Gasteiger partial charge >= 0.3 is 6.18 Å². The van der Waals surface area contributed by atoms with Crippen molar-refractivity contribution in [1.82, 2.24) is 10.5 Å². The fourth-order valence-electron chi connectivity index (χ4n) is 3.03. The van der Waals surface area contributed by atoms with Gasteiger partial charge in [-0.15, -0.1) is 0 Å². The summed E-state index contributed by atoms with van der Waals surface area (Å²) in [7, 11) is 1.43. The van der Waals surface area contributed by atoms with E-state index < -0.39 is 29.4 Å². The summed E-state index contributed by atoms with van der Waals surface area (Å²) in [6.45, 7) is 0. The first-order valence-corrected chi connectivity index (χ1v) is 10.3. The van der Waals surface area contributed by atoms with Gasteiger partial charge in [-0.1, -0.05) is 52.7 Å². The van der Waals surface area contributed by atoms with Crippen LogP contribution in [0, 0.1) is 11.2 Å². The van der Waals surface area contributed by atoms with Gasteiger partial charge in [0, 0.05) is 18.3 Å². The number of halogens is 6. The van der Waals surface area contributed by atoms with Crippen LogP contribution in [0.2, 0.25) is 10.0 Å². The van der Waals surface area contributed by atoms with Gasteiger partial charge in [0.1, 0.15) is 28.1 Å². The predicted molar refractivity (Wildman–Crippen MR) is 124 cm³/mol. The summed E-state index contributed by atoms with van der Waals surface area (Å²) in [5, 5.41) is 14.2. The first kappa shape index (κ1) is 24.8. The zero-order chi connectivity index (χ0) is 24.3. The van der Waals surface area contributed by atoms with Gasteiger partial charge in [0.15, 0.2) is 5.76 Å². The Bertz CT molecular complexity index is 1220. The third-order valence-electron chi connectivity index (χ3n) is 4.46. The lowest BCUT2D eigenvalue weighted by molar-refractivity contribution is -0.0606. The van der Waals surface area contributed by atoms with Crippen molar-refractivity contribution in [2.45, 2.75) is 12.1 Å². The van der Waals surface area contributed by atoms with Gasteiger partial charge < -0.3 is 15.2 Å². The van der Waals surface area contributed by atoms with Gasteiger partial charge in [0.25, 0.3) is 0 Å². The molecular weight excluding hydrogens is 503 g/mol. The Hall–Kier alpha value is -2.82. The standard InChI is InChI=1S/C21H14Cl2F4N4OS/c1-29-20(33)16-17(15-13(23)6-3-7-14(15)24)31-32-18(16)12(9-28)19(21(25,26)27)30-11-5-2-4-10(22)8-11/h2-9,12,28H,1H3,(H,29,33). The van der Waals surface area contributed by atoms with Crippen molar-refractivity contribution in [3.8, 4) is 11.3 Å². The molecule has 1 unspecified atom stereocenters. The molecule has 0 aliphatic rings. The molecule has 3 rings (SSSR count). The molecule has 33 heavy (non-hydrogen) atoms. The number of hydrogen-bond donors (Lipinski definition) is 2. The molecule has 1 heterocycles. The molecule has 0 aliphatic heterocycles. The van der Waals surface area contributed by atoms with Crippen LogP contribution in [-0.4, -0.2) is 35.3 Å². The monoisotopic (exact) mass is 516 g/mol. The van der Waals surface area contributed by atoms with E-state index in [2.05, 4.69) is 15.5 Å². The second-order valence-electron chi connectivity index (χ2n) is 6.57. The molecule has 0 amide bonds. The van der Waals surface area contributed by atoms with Crippen LogP contribution in [0.25, 0.3) is 11.3 Å². The van der Waals surface area contributed by atoms with Crippen LogP contribution >= 0.6 is 35.4 Å². The fraction of sp³-hybridized carbons (Fsp3) is 0.143. The zero-order valence-electron chi connectivity index (χ0n) is 16.7. The maximum absolute atomic E-state index is 14.6. The molecule has 1 atom stereocenters. The molecule has 0 saturated carbocycles. The minimum absolute atomic E-state index is 0.0509.